The summed E-state index contributed by atoms with van der Waals surface area (Å²) < 4.78 is 0. The molecule has 0 saturated heterocycles. The first-order valence-corrected chi connectivity index (χ1v) is 7.95. The molecular weight excluding hydrogens is 260 g/mol. The van der Waals surface area contributed by atoms with Crippen LogP contribution in [0.2, 0.25) is 0 Å². The van der Waals surface area contributed by atoms with Crippen molar-refractivity contribution in [3.8, 4) is 0 Å². The molecular formula is C18H26N2O. The van der Waals surface area contributed by atoms with Crippen molar-refractivity contribution in [2.45, 2.75) is 52.5 Å². The lowest BCUT2D eigenvalue weighted by Crippen LogP contribution is -2.45. The van der Waals surface area contributed by atoms with Crippen molar-refractivity contribution < 1.29 is 4.79 Å². The van der Waals surface area contributed by atoms with Crippen LogP contribution in [0.1, 0.15) is 45.6 Å². The van der Waals surface area contributed by atoms with E-state index in [1.54, 1.807) is 0 Å². The van der Waals surface area contributed by atoms with Crippen molar-refractivity contribution in [2.75, 3.05) is 5.32 Å². The number of hydrogen-bond acceptors (Lipinski definition) is 2. The van der Waals surface area contributed by atoms with Crippen LogP contribution in [0.4, 0.5) is 5.69 Å². The average molecular weight is 286 g/mol. The Bertz CT molecular complexity index is 544. The summed E-state index contributed by atoms with van der Waals surface area (Å²) in [5.41, 5.74) is 8.12. The molecule has 0 aromatic heterocycles. The Balaban J connectivity index is 1.76. The second-order valence-electron chi connectivity index (χ2n) is 7.83. The molecule has 0 spiro atoms. The van der Waals surface area contributed by atoms with Crippen molar-refractivity contribution in [1.82, 2.24) is 0 Å². The fourth-order valence-corrected chi connectivity index (χ4v) is 4.75. The van der Waals surface area contributed by atoms with E-state index in [0.29, 0.717) is 23.3 Å². The molecule has 1 amide bonds. The third kappa shape index (κ3) is 2.43. The number of fused-ring (bicyclic) bond motifs is 2. The van der Waals surface area contributed by atoms with Gasteiger partial charge >= 0.3 is 0 Å². The summed E-state index contributed by atoms with van der Waals surface area (Å²) in [6.07, 6.45) is 4.37. The van der Waals surface area contributed by atoms with Crippen LogP contribution in [0.5, 0.6) is 0 Å². The fourth-order valence-electron chi connectivity index (χ4n) is 4.75. The first-order valence-electron chi connectivity index (χ1n) is 7.95. The summed E-state index contributed by atoms with van der Waals surface area (Å²) in [6.45, 7) is 7.24. The molecule has 0 heterocycles. The molecule has 2 bridgehead atoms. The summed E-state index contributed by atoms with van der Waals surface area (Å²) in [7, 11) is 0. The van der Waals surface area contributed by atoms with Gasteiger partial charge in [0.05, 0.1) is 6.42 Å². The lowest BCUT2D eigenvalue weighted by atomic mass is 9.68. The monoisotopic (exact) mass is 286 g/mol. The van der Waals surface area contributed by atoms with Gasteiger partial charge < -0.3 is 11.1 Å². The maximum absolute atomic E-state index is 11.0. The van der Waals surface area contributed by atoms with Crippen LogP contribution in [-0.4, -0.2) is 11.9 Å². The van der Waals surface area contributed by atoms with Gasteiger partial charge in [-0.15, -0.1) is 0 Å². The third-order valence-corrected chi connectivity index (χ3v) is 5.91. The van der Waals surface area contributed by atoms with E-state index >= 15 is 0 Å². The van der Waals surface area contributed by atoms with Gasteiger partial charge in [0.15, 0.2) is 0 Å². The van der Waals surface area contributed by atoms with E-state index in [1.165, 1.54) is 19.3 Å². The Morgan fingerprint density at radius 3 is 2.48 bits per heavy atom. The number of carbonyl (C=O) groups is 1. The van der Waals surface area contributed by atoms with Crippen LogP contribution in [0.25, 0.3) is 0 Å². The molecule has 3 heteroatoms. The molecule has 2 saturated carbocycles. The zero-order valence-electron chi connectivity index (χ0n) is 13.3. The molecule has 3 N–H and O–H groups in total. The van der Waals surface area contributed by atoms with Gasteiger partial charge in [0.1, 0.15) is 0 Å². The minimum atomic E-state index is -0.280. The van der Waals surface area contributed by atoms with Crippen LogP contribution in [0, 0.1) is 16.7 Å². The molecule has 3 rings (SSSR count). The van der Waals surface area contributed by atoms with E-state index in [4.69, 9.17) is 5.73 Å². The topological polar surface area (TPSA) is 55.1 Å². The SMILES string of the molecule is CC12CCC(C1)C(C)(C)C2Nc1ccc(CC(N)=O)cc1. The second-order valence-corrected chi connectivity index (χ2v) is 7.83. The van der Waals surface area contributed by atoms with Gasteiger partial charge in [-0.05, 0) is 53.7 Å². The number of benzene rings is 1. The Kier molecular flexibility index (Phi) is 3.27. The molecule has 2 aliphatic carbocycles. The standard InChI is InChI=1S/C18H26N2O/c1-17(2)13-8-9-18(3,11-13)16(17)20-14-6-4-12(5-7-14)10-15(19)21/h4-7,13,16,20H,8-11H2,1-3H3,(H2,19,21). The van der Waals surface area contributed by atoms with Gasteiger partial charge in [-0.2, -0.15) is 0 Å². The van der Waals surface area contributed by atoms with E-state index in [1.807, 2.05) is 12.1 Å². The highest BCUT2D eigenvalue weighted by Gasteiger charge is 2.59. The molecule has 0 radical (unpaired) electrons. The Labute approximate surface area is 127 Å². The number of nitrogens with two attached hydrogens (primary N) is 1. The normalized spacial score (nSPS) is 33.1. The Hall–Kier alpha value is -1.51. The van der Waals surface area contributed by atoms with Crippen molar-refractivity contribution >= 4 is 11.6 Å². The molecule has 3 atom stereocenters. The molecule has 1 aromatic rings. The minimum absolute atomic E-state index is 0.280. The maximum Gasteiger partial charge on any atom is 0.221 e. The molecule has 3 nitrogen and oxygen atoms in total. The minimum Gasteiger partial charge on any atom is -0.381 e. The van der Waals surface area contributed by atoms with Gasteiger partial charge in [-0.25, -0.2) is 0 Å². The van der Waals surface area contributed by atoms with Crippen LogP contribution in [0.15, 0.2) is 24.3 Å². The van der Waals surface area contributed by atoms with E-state index in [9.17, 15) is 4.79 Å². The third-order valence-electron chi connectivity index (χ3n) is 5.91. The summed E-state index contributed by atoms with van der Waals surface area (Å²) in [5.74, 6) is 0.562. The van der Waals surface area contributed by atoms with Crippen LogP contribution >= 0.6 is 0 Å². The lowest BCUT2D eigenvalue weighted by Gasteiger charge is -2.43. The quantitative estimate of drug-likeness (QED) is 0.892. The van der Waals surface area contributed by atoms with E-state index < -0.39 is 0 Å². The highest BCUT2D eigenvalue weighted by Crippen LogP contribution is 2.63. The lowest BCUT2D eigenvalue weighted by molar-refractivity contribution is -0.117. The van der Waals surface area contributed by atoms with Crippen LogP contribution in [0.3, 0.4) is 0 Å². The number of primary amides is 1. The summed E-state index contributed by atoms with van der Waals surface area (Å²) in [4.78, 5) is 11.0. The highest BCUT2D eigenvalue weighted by molar-refractivity contribution is 5.76. The second kappa shape index (κ2) is 4.75. The Morgan fingerprint density at radius 1 is 1.29 bits per heavy atom. The van der Waals surface area contributed by atoms with Crippen LogP contribution in [-0.2, 0) is 11.2 Å². The van der Waals surface area contributed by atoms with Crippen molar-refractivity contribution in [2.24, 2.45) is 22.5 Å². The smallest absolute Gasteiger partial charge is 0.221 e. The Morgan fingerprint density at radius 2 is 1.95 bits per heavy atom. The largest absolute Gasteiger partial charge is 0.381 e. The molecule has 21 heavy (non-hydrogen) atoms. The van der Waals surface area contributed by atoms with Gasteiger partial charge in [-0.3, -0.25) is 4.79 Å². The van der Waals surface area contributed by atoms with E-state index in [0.717, 1.165) is 17.2 Å². The number of rotatable bonds is 4. The first-order chi connectivity index (χ1) is 9.81. The van der Waals surface area contributed by atoms with Gasteiger partial charge in [0.25, 0.3) is 0 Å². The van der Waals surface area contributed by atoms with Crippen molar-refractivity contribution in [1.29, 1.82) is 0 Å². The van der Waals surface area contributed by atoms with Crippen molar-refractivity contribution in [3.63, 3.8) is 0 Å². The van der Waals surface area contributed by atoms with Gasteiger partial charge in [-0.1, -0.05) is 32.9 Å². The number of carbonyl (C=O) groups excluding carboxylic acids is 1. The molecule has 1 aromatic carbocycles. The summed E-state index contributed by atoms with van der Waals surface area (Å²) >= 11 is 0. The zero-order valence-corrected chi connectivity index (χ0v) is 13.3. The average Bonchev–Trinajstić information content (AvgIpc) is 2.87. The molecule has 3 unspecified atom stereocenters. The van der Waals surface area contributed by atoms with Crippen molar-refractivity contribution in [3.05, 3.63) is 29.8 Å². The molecule has 2 fully saturated rings. The molecule has 114 valence electrons. The fraction of sp³-hybridized carbons (Fsp3) is 0.611. The number of anilines is 1. The maximum atomic E-state index is 11.0. The predicted molar refractivity (Wildman–Crippen MR) is 86.0 cm³/mol. The van der Waals surface area contributed by atoms with Crippen LogP contribution < -0.4 is 11.1 Å². The summed E-state index contributed by atoms with van der Waals surface area (Å²) in [6, 6.07) is 8.66. The van der Waals surface area contributed by atoms with E-state index in [2.05, 4.69) is 38.2 Å². The first kappa shape index (κ1) is 14.4. The van der Waals surface area contributed by atoms with Gasteiger partial charge in [0, 0.05) is 11.7 Å². The predicted octanol–water partition coefficient (Wildman–Crippen LogP) is 3.34. The number of hydrogen-bond donors (Lipinski definition) is 2. The van der Waals surface area contributed by atoms with Gasteiger partial charge in [0.2, 0.25) is 5.91 Å². The highest BCUT2D eigenvalue weighted by atomic mass is 16.1. The zero-order chi connectivity index (χ0) is 15.3. The number of nitrogens with one attached hydrogen (secondary N) is 1. The molecule has 2 aliphatic rings. The molecule has 0 aliphatic heterocycles. The number of amides is 1. The summed E-state index contributed by atoms with van der Waals surface area (Å²) in [5, 5.41) is 3.77. The van der Waals surface area contributed by atoms with E-state index in [-0.39, 0.29) is 5.91 Å².